The van der Waals surface area contributed by atoms with Crippen LogP contribution in [0.2, 0.25) is 0 Å². The van der Waals surface area contributed by atoms with Crippen molar-refractivity contribution < 1.29 is 9.90 Å². The Morgan fingerprint density at radius 1 is 1.53 bits per heavy atom. The molecule has 0 aromatic carbocycles. The molecule has 2 N–H and O–H groups in total. The van der Waals surface area contributed by atoms with Gasteiger partial charge in [0.2, 0.25) is 0 Å². The molecule has 0 saturated heterocycles. The van der Waals surface area contributed by atoms with Gasteiger partial charge in [-0.3, -0.25) is 10.1 Å². The first-order valence-electron chi connectivity index (χ1n) is 5.47. The largest absolute Gasteiger partial charge is 0.395 e. The predicted molar refractivity (Wildman–Crippen MR) is 75.5 cm³/mol. The Balaban J connectivity index is 2.03. The molecule has 0 aliphatic carbocycles. The van der Waals surface area contributed by atoms with Crippen molar-refractivity contribution in [2.24, 2.45) is 0 Å². The lowest BCUT2D eigenvalue weighted by atomic mass is 10.4. The van der Waals surface area contributed by atoms with Crippen LogP contribution in [-0.2, 0) is 0 Å². The lowest BCUT2D eigenvalue weighted by Crippen LogP contribution is -2.11. The average molecular weight is 293 g/mol. The van der Waals surface area contributed by atoms with Crippen molar-refractivity contribution in [1.82, 2.24) is 9.97 Å². The van der Waals surface area contributed by atoms with E-state index in [-0.39, 0.29) is 12.5 Å². The minimum Gasteiger partial charge on any atom is -0.395 e. The van der Waals surface area contributed by atoms with Gasteiger partial charge in [-0.2, -0.15) is 0 Å². The Morgan fingerprint density at radius 3 is 3.05 bits per heavy atom. The van der Waals surface area contributed by atoms with Gasteiger partial charge in [-0.05, 0) is 6.92 Å². The Hall–Kier alpha value is -1.75. The number of aryl methyl sites for hydroxylation is 1. The molecule has 0 unspecified atom stereocenters. The molecule has 2 heterocycles. The minimum absolute atomic E-state index is 0.0417. The molecule has 0 atom stereocenters. The summed E-state index contributed by atoms with van der Waals surface area (Å²) in [6.07, 6.45) is 2.03. The predicted octanol–water partition coefficient (Wildman–Crippen LogP) is 1.89. The van der Waals surface area contributed by atoms with E-state index in [1.54, 1.807) is 18.6 Å². The fourth-order valence-electron chi connectivity index (χ4n) is 1.27. The van der Waals surface area contributed by atoms with Crippen molar-refractivity contribution in [2.75, 3.05) is 11.9 Å². The van der Waals surface area contributed by atoms with E-state index in [9.17, 15) is 4.79 Å². The third-order valence-electron chi connectivity index (χ3n) is 2.13. The first kappa shape index (κ1) is 13.7. The number of hydrogen-bond donors (Lipinski definition) is 2. The monoisotopic (exact) mass is 293 g/mol. The highest BCUT2D eigenvalue weighted by molar-refractivity contribution is 7.16. The fourth-order valence-corrected chi connectivity index (χ4v) is 2.65. The summed E-state index contributed by atoms with van der Waals surface area (Å²) in [7, 11) is 0. The van der Waals surface area contributed by atoms with E-state index in [2.05, 4.69) is 27.1 Å². The summed E-state index contributed by atoms with van der Waals surface area (Å²) in [5.41, 5.74) is 2.35. The number of aliphatic hydroxyl groups is 1. The zero-order chi connectivity index (χ0) is 13.7. The normalized spacial score (nSPS) is 9.79. The molecule has 0 aliphatic heterocycles. The van der Waals surface area contributed by atoms with Gasteiger partial charge in [0.25, 0.3) is 5.91 Å². The number of aliphatic hydroxyl groups excluding tert-OH is 1. The second-order valence-corrected chi connectivity index (χ2v) is 5.41. The highest BCUT2D eigenvalue weighted by atomic mass is 32.1. The molecule has 2 rings (SSSR count). The Bertz CT molecular complexity index is 637. The smallest absolute Gasteiger partial charge is 0.269 e. The highest BCUT2D eigenvalue weighted by Gasteiger charge is 2.13. The van der Waals surface area contributed by atoms with Crippen LogP contribution in [0.4, 0.5) is 5.13 Å². The Kier molecular flexibility index (Phi) is 4.63. The standard InChI is InChI=1S/C12H11N3O2S2/c1-8-10(18-7-14-8)11(17)15-12-13-6-9(19-12)4-2-3-5-16/h6-7,16H,3,5H2,1H3,(H,13,15,17). The molecule has 2 aromatic heterocycles. The molecule has 1 amide bonds. The van der Waals surface area contributed by atoms with Crippen molar-refractivity contribution >= 4 is 33.7 Å². The summed E-state index contributed by atoms with van der Waals surface area (Å²) in [6, 6.07) is 0. The van der Waals surface area contributed by atoms with Crippen molar-refractivity contribution in [3.8, 4) is 11.8 Å². The number of amides is 1. The summed E-state index contributed by atoms with van der Waals surface area (Å²) < 4.78 is 0. The van der Waals surface area contributed by atoms with Gasteiger partial charge >= 0.3 is 0 Å². The van der Waals surface area contributed by atoms with Crippen LogP contribution in [0.1, 0.15) is 26.7 Å². The molecule has 19 heavy (non-hydrogen) atoms. The van der Waals surface area contributed by atoms with Gasteiger partial charge in [0, 0.05) is 6.42 Å². The first-order valence-corrected chi connectivity index (χ1v) is 7.17. The molecule has 2 aromatic rings. The van der Waals surface area contributed by atoms with Crippen LogP contribution < -0.4 is 5.32 Å². The maximum Gasteiger partial charge on any atom is 0.269 e. The average Bonchev–Trinajstić information content (AvgIpc) is 2.99. The maximum atomic E-state index is 11.9. The first-order chi connectivity index (χ1) is 9.20. The van der Waals surface area contributed by atoms with E-state index in [0.29, 0.717) is 22.1 Å². The Labute approximate surface area is 118 Å². The minimum atomic E-state index is -0.204. The van der Waals surface area contributed by atoms with Gasteiger partial charge in [0.15, 0.2) is 5.13 Å². The molecule has 0 bridgehead atoms. The number of carbonyl (C=O) groups excluding carboxylic acids is 1. The molecule has 5 nitrogen and oxygen atoms in total. The van der Waals surface area contributed by atoms with Crippen molar-refractivity contribution in [3.05, 3.63) is 27.2 Å². The van der Waals surface area contributed by atoms with Crippen LogP contribution in [-0.4, -0.2) is 27.6 Å². The lowest BCUT2D eigenvalue weighted by molar-refractivity contribution is 0.103. The Morgan fingerprint density at radius 2 is 2.37 bits per heavy atom. The third-order valence-corrected chi connectivity index (χ3v) is 3.88. The zero-order valence-electron chi connectivity index (χ0n) is 10.1. The second-order valence-electron chi connectivity index (χ2n) is 3.53. The molecule has 0 fully saturated rings. The van der Waals surface area contributed by atoms with Gasteiger partial charge in [0.1, 0.15) is 4.88 Å². The van der Waals surface area contributed by atoms with Crippen LogP contribution in [0.5, 0.6) is 0 Å². The molecule has 7 heteroatoms. The van der Waals surface area contributed by atoms with Crippen molar-refractivity contribution in [1.29, 1.82) is 0 Å². The van der Waals surface area contributed by atoms with Crippen LogP contribution in [0, 0.1) is 18.8 Å². The van der Waals surface area contributed by atoms with E-state index in [1.807, 2.05) is 0 Å². The number of nitrogens with one attached hydrogen (secondary N) is 1. The second kappa shape index (κ2) is 6.43. The van der Waals surface area contributed by atoms with Crippen LogP contribution in [0.15, 0.2) is 11.7 Å². The van der Waals surface area contributed by atoms with Gasteiger partial charge < -0.3 is 5.11 Å². The molecular weight excluding hydrogens is 282 g/mol. The topological polar surface area (TPSA) is 75.1 Å². The number of aromatic nitrogens is 2. The SMILES string of the molecule is Cc1ncsc1C(=O)Nc1ncc(C#CCCO)s1. The molecule has 0 saturated carbocycles. The highest BCUT2D eigenvalue weighted by Crippen LogP contribution is 2.20. The number of rotatable bonds is 3. The molecule has 0 spiro atoms. The summed E-state index contributed by atoms with van der Waals surface area (Å²) in [6.45, 7) is 1.83. The molecule has 0 radical (unpaired) electrons. The molecular formula is C12H11N3O2S2. The number of anilines is 1. The summed E-state index contributed by atoms with van der Waals surface area (Å²) in [5.74, 6) is 5.47. The number of carbonyl (C=O) groups is 1. The third kappa shape index (κ3) is 3.61. The van der Waals surface area contributed by atoms with Crippen molar-refractivity contribution in [2.45, 2.75) is 13.3 Å². The van der Waals surface area contributed by atoms with Crippen molar-refractivity contribution in [3.63, 3.8) is 0 Å². The summed E-state index contributed by atoms with van der Waals surface area (Å²) >= 11 is 2.60. The number of nitrogens with zero attached hydrogens (tertiary/aromatic N) is 2. The van der Waals surface area contributed by atoms with E-state index >= 15 is 0 Å². The zero-order valence-corrected chi connectivity index (χ0v) is 11.8. The van der Waals surface area contributed by atoms with Gasteiger partial charge in [-0.15, -0.1) is 11.3 Å². The molecule has 98 valence electrons. The maximum absolute atomic E-state index is 11.9. The van der Waals surface area contributed by atoms with Crippen LogP contribution in [0.25, 0.3) is 0 Å². The van der Waals surface area contributed by atoms with E-state index < -0.39 is 0 Å². The summed E-state index contributed by atoms with van der Waals surface area (Å²) in [5, 5.41) is 11.8. The lowest BCUT2D eigenvalue weighted by Gasteiger charge is -1.98. The number of hydrogen-bond acceptors (Lipinski definition) is 6. The summed E-state index contributed by atoms with van der Waals surface area (Å²) in [4.78, 5) is 21.4. The quantitative estimate of drug-likeness (QED) is 0.848. The van der Waals surface area contributed by atoms with Gasteiger partial charge in [0.05, 0.1) is 28.9 Å². The van der Waals surface area contributed by atoms with Gasteiger partial charge in [-0.25, -0.2) is 9.97 Å². The fraction of sp³-hybridized carbons (Fsp3) is 0.250. The van der Waals surface area contributed by atoms with E-state index in [4.69, 9.17) is 5.11 Å². The number of thiazole rings is 2. The molecule has 0 aliphatic rings. The van der Waals surface area contributed by atoms with Crippen LogP contribution in [0.3, 0.4) is 0 Å². The van der Waals surface area contributed by atoms with E-state index in [0.717, 1.165) is 4.88 Å². The van der Waals surface area contributed by atoms with E-state index in [1.165, 1.54) is 22.7 Å². The van der Waals surface area contributed by atoms with Gasteiger partial charge in [-0.1, -0.05) is 23.2 Å². The van der Waals surface area contributed by atoms with Crippen LogP contribution >= 0.6 is 22.7 Å².